The Kier molecular flexibility index (Phi) is 6.63. The van der Waals surface area contributed by atoms with Crippen LogP contribution in [0.1, 0.15) is 38.3 Å². The first-order valence-corrected chi connectivity index (χ1v) is 11.5. The van der Waals surface area contributed by atoms with E-state index >= 15 is 0 Å². The van der Waals surface area contributed by atoms with Crippen LogP contribution in [-0.4, -0.2) is 44.6 Å². The summed E-state index contributed by atoms with van der Waals surface area (Å²) in [7, 11) is 1.67. The molecule has 3 atom stereocenters. The molecule has 0 aliphatic carbocycles. The van der Waals surface area contributed by atoms with Crippen LogP contribution < -0.4 is 10.6 Å². The van der Waals surface area contributed by atoms with Gasteiger partial charge in [0.05, 0.1) is 11.6 Å². The van der Waals surface area contributed by atoms with E-state index in [9.17, 15) is 14.4 Å². The summed E-state index contributed by atoms with van der Waals surface area (Å²) in [4.78, 5) is 25.8. The lowest BCUT2D eigenvalue weighted by Crippen LogP contribution is -2.59. The van der Waals surface area contributed by atoms with E-state index in [0.717, 1.165) is 18.4 Å². The fraction of sp³-hybridized carbons (Fsp3) is 0.417. The molecule has 1 saturated heterocycles. The third kappa shape index (κ3) is 4.31. The van der Waals surface area contributed by atoms with Crippen molar-refractivity contribution in [3.8, 4) is 6.07 Å². The average Bonchev–Trinajstić information content (AvgIpc) is 2.82. The van der Waals surface area contributed by atoms with Crippen molar-refractivity contribution in [3.05, 3.63) is 63.4 Å². The minimum atomic E-state index is -0.493. The van der Waals surface area contributed by atoms with Crippen LogP contribution in [0.15, 0.2) is 41.2 Å². The number of pyridine rings is 1. The van der Waals surface area contributed by atoms with Crippen LogP contribution in [0, 0.1) is 17.1 Å². The number of aryl methyl sites for hydroxylation is 1. The molecule has 1 aliphatic heterocycles. The van der Waals surface area contributed by atoms with Crippen molar-refractivity contribution in [1.29, 1.82) is 5.26 Å². The maximum absolute atomic E-state index is 13.5. The molecule has 9 heteroatoms. The maximum atomic E-state index is 13.5. The van der Waals surface area contributed by atoms with Gasteiger partial charge in [0.2, 0.25) is 0 Å². The van der Waals surface area contributed by atoms with Gasteiger partial charge in [0.1, 0.15) is 22.5 Å². The van der Waals surface area contributed by atoms with E-state index in [0.29, 0.717) is 35.1 Å². The largest absolute Gasteiger partial charge is 0.349 e. The quantitative estimate of drug-likeness (QED) is 0.525. The summed E-state index contributed by atoms with van der Waals surface area (Å²) in [6, 6.07) is 11.5. The fourth-order valence-electron chi connectivity index (χ4n) is 4.63. The SMILES string of the molecule is CC[C@H]1CN(C(C#N)c2ccc(F)cc2)[C@H](CC)CN1c1nc(=O)n(C)c2ccc(Cl)nc12. The smallest absolute Gasteiger partial charge is 0.349 e. The molecule has 0 saturated carbocycles. The molecule has 0 spiro atoms. The van der Waals surface area contributed by atoms with Crippen molar-refractivity contribution in [1.82, 2.24) is 19.4 Å². The van der Waals surface area contributed by atoms with Crippen LogP contribution in [-0.2, 0) is 7.05 Å². The molecule has 3 aromatic rings. The number of rotatable bonds is 5. The molecular weight excluding hydrogens is 443 g/mol. The second kappa shape index (κ2) is 9.46. The second-order valence-electron chi connectivity index (χ2n) is 8.34. The first-order chi connectivity index (χ1) is 15.9. The monoisotopic (exact) mass is 468 g/mol. The molecule has 0 radical (unpaired) electrons. The van der Waals surface area contributed by atoms with Crippen molar-refractivity contribution < 1.29 is 4.39 Å². The molecule has 172 valence electrons. The minimum absolute atomic E-state index is 0.00712. The Morgan fingerprint density at radius 3 is 2.45 bits per heavy atom. The van der Waals surface area contributed by atoms with Crippen molar-refractivity contribution in [3.63, 3.8) is 0 Å². The summed E-state index contributed by atoms with van der Waals surface area (Å²) < 4.78 is 14.9. The number of benzene rings is 1. The third-order valence-corrected chi connectivity index (χ3v) is 6.71. The number of piperazine rings is 1. The summed E-state index contributed by atoms with van der Waals surface area (Å²) in [6.45, 7) is 5.33. The van der Waals surface area contributed by atoms with E-state index in [1.54, 1.807) is 31.3 Å². The number of fused-ring (bicyclic) bond motifs is 1. The molecular formula is C24H26ClFN6O. The highest BCUT2D eigenvalue weighted by Gasteiger charge is 2.38. The molecule has 33 heavy (non-hydrogen) atoms. The zero-order valence-electron chi connectivity index (χ0n) is 18.9. The predicted octanol–water partition coefficient (Wildman–Crippen LogP) is 4.07. The Morgan fingerprint density at radius 2 is 1.82 bits per heavy atom. The molecule has 0 amide bonds. The zero-order valence-corrected chi connectivity index (χ0v) is 19.6. The number of hydrogen-bond donors (Lipinski definition) is 0. The third-order valence-electron chi connectivity index (χ3n) is 6.49. The van der Waals surface area contributed by atoms with Gasteiger partial charge in [-0.05, 0) is 42.7 Å². The van der Waals surface area contributed by atoms with E-state index in [1.165, 1.54) is 16.7 Å². The van der Waals surface area contributed by atoms with Crippen LogP contribution in [0.3, 0.4) is 0 Å². The standard InChI is InChI=1S/C24H26ClFN6O/c1-4-17-14-32(23-22-19(10-11-21(25)28-22)30(3)24(33)29-23)18(5-2)13-31(17)20(12-27)15-6-8-16(26)9-7-15/h6-11,17-18,20H,4-5,13-14H2,1-3H3/t17-,18+,20?/m1/s1. The van der Waals surface area contributed by atoms with Gasteiger partial charge in [-0.15, -0.1) is 0 Å². The number of nitriles is 1. The highest BCUT2D eigenvalue weighted by molar-refractivity contribution is 6.29. The molecule has 4 rings (SSSR count). The molecule has 1 fully saturated rings. The van der Waals surface area contributed by atoms with Gasteiger partial charge in [-0.2, -0.15) is 10.2 Å². The fourth-order valence-corrected chi connectivity index (χ4v) is 4.78. The van der Waals surface area contributed by atoms with Gasteiger partial charge in [-0.25, -0.2) is 14.2 Å². The van der Waals surface area contributed by atoms with E-state index in [4.69, 9.17) is 11.6 Å². The van der Waals surface area contributed by atoms with Crippen molar-refractivity contribution >= 4 is 28.5 Å². The maximum Gasteiger partial charge on any atom is 0.349 e. The zero-order chi connectivity index (χ0) is 23.7. The van der Waals surface area contributed by atoms with Gasteiger partial charge in [0, 0.05) is 32.2 Å². The molecule has 0 bridgehead atoms. The molecule has 2 aromatic heterocycles. The summed E-state index contributed by atoms with van der Waals surface area (Å²) in [5, 5.41) is 10.4. The Bertz CT molecular complexity index is 1250. The second-order valence-corrected chi connectivity index (χ2v) is 8.72. The first-order valence-electron chi connectivity index (χ1n) is 11.1. The predicted molar refractivity (Wildman–Crippen MR) is 127 cm³/mol. The highest BCUT2D eigenvalue weighted by atomic mass is 35.5. The molecule has 3 heterocycles. The lowest BCUT2D eigenvalue weighted by molar-refractivity contribution is 0.117. The molecule has 1 aromatic carbocycles. The highest BCUT2D eigenvalue weighted by Crippen LogP contribution is 2.33. The Labute approximate surface area is 197 Å². The normalized spacial score (nSPS) is 20.1. The number of nitrogens with zero attached hydrogens (tertiary/aromatic N) is 6. The number of hydrogen-bond acceptors (Lipinski definition) is 6. The van der Waals surface area contributed by atoms with Crippen molar-refractivity contribution in [2.75, 3.05) is 18.0 Å². The lowest BCUT2D eigenvalue weighted by atomic mass is 9.97. The van der Waals surface area contributed by atoms with E-state index in [2.05, 4.69) is 39.7 Å². The minimum Gasteiger partial charge on any atom is -0.349 e. The van der Waals surface area contributed by atoms with Crippen LogP contribution in [0.5, 0.6) is 0 Å². The molecule has 7 nitrogen and oxygen atoms in total. The van der Waals surface area contributed by atoms with Crippen molar-refractivity contribution in [2.24, 2.45) is 7.05 Å². The summed E-state index contributed by atoms with van der Waals surface area (Å²) in [5.41, 5.74) is 1.67. The first kappa shape index (κ1) is 23.1. The summed E-state index contributed by atoms with van der Waals surface area (Å²) in [5.74, 6) is 0.198. The topological polar surface area (TPSA) is 78.0 Å². The summed E-state index contributed by atoms with van der Waals surface area (Å²) >= 11 is 6.19. The van der Waals surface area contributed by atoms with Gasteiger partial charge < -0.3 is 4.90 Å². The Balaban J connectivity index is 1.76. The molecule has 1 unspecified atom stereocenters. The summed E-state index contributed by atoms with van der Waals surface area (Å²) in [6.07, 6.45) is 1.58. The van der Waals surface area contributed by atoms with Gasteiger partial charge in [-0.1, -0.05) is 37.6 Å². The van der Waals surface area contributed by atoms with E-state index in [-0.39, 0.29) is 23.6 Å². The van der Waals surface area contributed by atoms with Crippen LogP contribution in [0.25, 0.3) is 11.0 Å². The number of halogens is 2. The number of anilines is 1. The van der Waals surface area contributed by atoms with Crippen LogP contribution >= 0.6 is 11.6 Å². The Morgan fingerprint density at radius 1 is 1.12 bits per heavy atom. The van der Waals surface area contributed by atoms with Crippen LogP contribution in [0.4, 0.5) is 10.2 Å². The average molecular weight is 469 g/mol. The molecule has 0 N–H and O–H groups in total. The Hall–Kier alpha value is -3.02. The van der Waals surface area contributed by atoms with E-state index < -0.39 is 6.04 Å². The molecule has 1 aliphatic rings. The van der Waals surface area contributed by atoms with Crippen molar-refractivity contribution in [2.45, 2.75) is 44.8 Å². The van der Waals surface area contributed by atoms with Gasteiger partial charge in [0.25, 0.3) is 0 Å². The van der Waals surface area contributed by atoms with E-state index in [1.807, 2.05) is 0 Å². The van der Waals surface area contributed by atoms with Gasteiger partial charge >= 0.3 is 5.69 Å². The number of aromatic nitrogens is 3. The van der Waals surface area contributed by atoms with Gasteiger partial charge in [-0.3, -0.25) is 9.47 Å². The van der Waals surface area contributed by atoms with Crippen LogP contribution in [0.2, 0.25) is 5.15 Å². The van der Waals surface area contributed by atoms with Gasteiger partial charge in [0.15, 0.2) is 5.82 Å². The lowest BCUT2D eigenvalue weighted by Gasteiger charge is -2.48.